The molecule has 0 spiro atoms. The van der Waals surface area contributed by atoms with Gasteiger partial charge in [-0.25, -0.2) is 14.0 Å². The maximum atomic E-state index is 13.4. The first-order valence-corrected chi connectivity index (χ1v) is 12.3. The number of fused-ring (bicyclic) bond motifs is 1. The number of carboxylic acid groups (broad SMARTS) is 2. The topological polar surface area (TPSA) is 165 Å². The van der Waals surface area contributed by atoms with Gasteiger partial charge in [0, 0.05) is 29.3 Å². The SMILES string of the molecule is Cc1noc(-c2csc(OCCCN3CCC(c4noc5cc(F)ccc45)CC3)n2)n1.O=C(O)C(=O)O. The summed E-state index contributed by atoms with van der Waals surface area (Å²) in [5.74, 6) is -2.60. The van der Waals surface area contributed by atoms with Gasteiger partial charge >= 0.3 is 11.9 Å². The minimum atomic E-state index is -1.82. The molecule has 0 aliphatic carbocycles. The minimum Gasteiger partial charge on any atom is -0.473 e. The summed E-state index contributed by atoms with van der Waals surface area (Å²) < 4.78 is 29.6. The number of carboxylic acids is 2. The minimum absolute atomic E-state index is 0.300. The van der Waals surface area contributed by atoms with Gasteiger partial charge in [-0.1, -0.05) is 21.7 Å². The molecule has 0 radical (unpaired) electrons. The third-order valence-corrected chi connectivity index (χ3v) is 6.45. The van der Waals surface area contributed by atoms with Crippen molar-refractivity contribution in [2.45, 2.75) is 32.1 Å². The summed E-state index contributed by atoms with van der Waals surface area (Å²) in [4.78, 5) is 29.2. The number of hydrogen-bond donors (Lipinski definition) is 2. The van der Waals surface area contributed by atoms with Gasteiger partial charge < -0.3 is 28.9 Å². The molecule has 3 aromatic heterocycles. The van der Waals surface area contributed by atoms with Crippen molar-refractivity contribution in [3.63, 3.8) is 0 Å². The Bertz CT molecular complexity index is 1350. The predicted octanol–water partition coefficient (Wildman–Crippen LogP) is 3.59. The molecule has 196 valence electrons. The van der Waals surface area contributed by atoms with Gasteiger partial charge in [0.2, 0.25) is 0 Å². The lowest BCUT2D eigenvalue weighted by molar-refractivity contribution is -0.159. The van der Waals surface area contributed by atoms with Crippen LogP contribution in [0.5, 0.6) is 5.19 Å². The van der Waals surface area contributed by atoms with Gasteiger partial charge in [-0.3, -0.25) is 0 Å². The molecular weight excluding hydrogens is 509 g/mol. The number of thiazole rings is 1. The zero-order chi connectivity index (χ0) is 26.4. The Morgan fingerprint density at radius 2 is 1.92 bits per heavy atom. The molecule has 5 rings (SSSR count). The number of likely N-dealkylation sites (tertiary alicyclic amines) is 1. The molecule has 12 nitrogen and oxygen atoms in total. The molecule has 1 fully saturated rings. The maximum Gasteiger partial charge on any atom is 0.414 e. The highest BCUT2D eigenvalue weighted by Gasteiger charge is 2.25. The Morgan fingerprint density at radius 1 is 1.16 bits per heavy atom. The Morgan fingerprint density at radius 3 is 2.59 bits per heavy atom. The Hall–Kier alpha value is -3.91. The number of rotatable bonds is 7. The fourth-order valence-corrected chi connectivity index (χ4v) is 4.59. The molecular formula is C23H24FN5O7S. The first kappa shape index (κ1) is 26.2. The highest BCUT2D eigenvalue weighted by atomic mass is 32.1. The van der Waals surface area contributed by atoms with Crippen molar-refractivity contribution in [3.8, 4) is 16.8 Å². The van der Waals surface area contributed by atoms with Gasteiger partial charge in [-0.05, 0) is 51.4 Å². The van der Waals surface area contributed by atoms with Crippen LogP contribution in [-0.4, -0.2) is 73.6 Å². The number of nitrogens with zero attached hydrogens (tertiary/aromatic N) is 5. The third-order valence-electron chi connectivity index (χ3n) is 5.69. The summed E-state index contributed by atoms with van der Waals surface area (Å²) in [5, 5.41) is 26.2. The highest BCUT2D eigenvalue weighted by Crippen LogP contribution is 2.33. The zero-order valence-electron chi connectivity index (χ0n) is 19.8. The van der Waals surface area contributed by atoms with Crippen LogP contribution in [0, 0.1) is 12.7 Å². The van der Waals surface area contributed by atoms with E-state index < -0.39 is 11.9 Å². The van der Waals surface area contributed by atoms with E-state index in [-0.39, 0.29) is 5.82 Å². The second-order valence-electron chi connectivity index (χ2n) is 8.28. The van der Waals surface area contributed by atoms with Crippen molar-refractivity contribution in [3.05, 3.63) is 40.9 Å². The van der Waals surface area contributed by atoms with Crippen LogP contribution in [0.15, 0.2) is 32.6 Å². The molecule has 1 saturated heterocycles. The van der Waals surface area contributed by atoms with E-state index in [9.17, 15) is 4.39 Å². The van der Waals surface area contributed by atoms with Crippen molar-refractivity contribution >= 4 is 34.2 Å². The van der Waals surface area contributed by atoms with Crippen molar-refractivity contribution < 1.29 is 38.0 Å². The number of hydrogen-bond acceptors (Lipinski definition) is 11. The molecule has 1 aliphatic heterocycles. The summed E-state index contributed by atoms with van der Waals surface area (Å²) >= 11 is 1.43. The number of aromatic nitrogens is 4. The number of piperidine rings is 1. The molecule has 0 unspecified atom stereocenters. The molecule has 14 heteroatoms. The lowest BCUT2D eigenvalue weighted by atomic mass is 9.91. The predicted molar refractivity (Wildman–Crippen MR) is 128 cm³/mol. The molecule has 4 heterocycles. The monoisotopic (exact) mass is 533 g/mol. The van der Waals surface area contributed by atoms with E-state index in [4.69, 9.17) is 33.6 Å². The van der Waals surface area contributed by atoms with Gasteiger partial charge in [0.25, 0.3) is 11.1 Å². The van der Waals surface area contributed by atoms with Crippen LogP contribution in [0.3, 0.4) is 0 Å². The second kappa shape index (κ2) is 11.9. The Labute approximate surface area is 213 Å². The number of benzene rings is 1. The van der Waals surface area contributed by atoms with E-state index in [1.165, 1.54) is 23.5 Å². The Kier molecular flexibility index (Phi) is 8.40. The molecule has 2 N–H and O–H groups in total. The molecule has 37 heavy (non-hydrogen) atoms. The fraction of sp³-hybridized carbons (Fsp3) is 0.391. The Balaban J connectivity index is 0.000000480. The van der Waals surface area contributed by atoms with Crippen LogP contribution in [0.2, 0.25) is 0 Å². The van der Waals surface area contributed by atoms with Gasteiger partial charge in [0.1, 0.15) is 11.5 Å². The summed E-state index contributed by atoms with van der Waals surface area (Å²) in [7, 11) is 0. The number of carbonyl (C=O) groups is 2. The zero-order valence-corrected chi connectivity index (χ0v) is 20.6. The van der Waals surface area contributed by atoms with Crippen LogP contribution in [0.1, 0.15) is 36.7 Å². The molecule has 4 aromatic rings. The molecule has 1 aliphatic rings. The van der Waals surface area contributed by atoms with Gasteiger partial charge in [0.05, 0.1) is 12.3 Å². The number of aliphatic carboxylic acids is 2. The summed E-state index contributed by atoms with van der Waals surface area (Å²) in [6.07, 6.45) is 2.95. The summed E-state index contributed by atoms with van der Waals surface area (Å²) in [6, 6.07) is 4.63. The number of aryl methyl sites for hydroxylation is 1. The average molecular weight is 534 g/mol. The molecule has 1 aromatic carbocycles. The van der Waals surface area contributed by atoms with Gasteiger partial charge in [-0.15, -0.1) is 0 Å². The van der Waals surface area contributed by atoms with Crippen LogP contribution < -0.4 is 4.74 Å². The van der Waals surface area contributed by atoms with Crippen LogP contribution in [0.25, 0.3) is 22.6 Å². The van der Waals surface area contributed by atoms with Crippen molar-refractivity contribution in [1.82, 2.24) is 25.2 Å². The molecule has 0 amide bonds. The maximum absolute atomic E-state index is 13.4. The standard InChI is InChI=1S/C21H22FN5O3S.C2H2O4/c1-13-23-20(30-25-13)17-12-31-21(24-17)28-10-2-7-27-8-5-14(6-9-27)19-16-4-3-15(22)11-18(16)29-26-19;3-1(4)2(5)6/h3-4,11-12,14H,2,5-10H2,1H3;(H,3,4)(H,5,6). The van der Waals surface area contributed by atoms with Gasteiger partial charge in [-0.2, -0.15) is 9.97 Å². The summed E-state index contributed by atoms with van der Waals surface area (Å²) in [5.41, 5.74) is 2.12. The largest absolute Gasteiger partial charge is 0.473 e. The number of ether oxygens (including phenoxy) is 1. The van der Waals surface area contributed by atoms with E-state index in [0.717, 1.165) is 50.0 Å². The van der Waals surface area contributed by atoms with Crippen molar-refractivity contribution in [1.29, 1.82) is 0 Å². The van der Waals surface area contributed by atoms with E-state index in [0.29, 0.717) is 40.7 Å². The smallest absolute Gasteiger partial charge is 0.414 e. The van der Waals surface area contributed by atoms with E-state index in [2.05, 4.69) is 25.2 Å². The second-order valence-corrected chi connectivity index (χ2v) is 9.10. The van der Waals surface area contributed by atoms with Crippen molar-refractivity contribution in [2.75, 3.05) is 26.2 Å². The quantitative estimate of drug-likeness (QED) is 0.262. The third kappa shape index (κ3) is 6.86. The van der Waals surface area contributed by atoms with E-state index in [1.54, 1.807) is 13.0 Å². The van der Waals surface area contributed by atoms with Crippen LogP contribution >= 0.6 is 11.3 Å². The lowest BCUT2D eigenvalue weighted by Gasteiger charge is -2.31. The lowest BCUT2D eigenvalue weighted by Crippen LogP contribution is -2.34. The first-order chi connectivity index (χ1) is 17.8. The number of halogens is 1. The van der Waals surface area contributed by atoms with Crippen LogP contribution in [0.4, 0.5) is 4.39 Å². The fourth-order valence-electron chi connectivity index (χ4n) is 3.93. The molecule has 0 bridgehead atoms. The van der Waals surface area contributed by atoms with Crippen LogP contribution in [-0.2, 0) is 9.59 Å². The summed E-state index contributed by atoms with van der Waals surface area (Å²) in [6.45, 7) is 5.35. The van der Waals surface area contributed by atoms with E-state index in [1.807, 2.05) is 5.38 Å². The average Bonchev–Trinajstić information content (AvgIpc) is 3.62. The van der Waals surface area contributed by atoms with Gasteiger partial charge in [0.15, 0.2) is 11.4 Å². The molecule has 0 saturated carbocycles. The van der Waals surface area contributed by atoms with Crippen molar-refractivity contribution in [2.24, 2.45) is 0 Å². The molecule has 0 atom stereocenters. The normalized spacial score (nSPS) is 14.3. The first-order valence-electron chi connectivity index (χ1n) is 11.4. The highest BCUT2D eigenvalue weighted by molar-refractivity contribution is 7.11. The van der Waals surface area contributed by atoms with E-state index >= 15 is 0 Å².